The van der Waals surface area contributed by atoms with Gasteiger partial charge in [0.2, 0.25) is 0 Å². The maximum atomic E-state index is 14.0. The van der Waals surface area contributed by atoms with Crippen molar-refractivity contribution < 1.29 is 27.5 Å². The van der Waals surface area contributed by atoms with Crippen LogP contribution in [0.2, 0.25) is 5.02 Å². The lowest BCUT2D eigenvalue weighted by molar-refractivity contribution is -0.142. The molecule has 1 N–H and O–H groups in total. The third-order valence-corrected chi connectivity index (χ3v) is 8.14. The summed E-state index contributed by atoms with van der Waals surface area (Å²) in [4.78, 5) is 31.2. The number of ether oxygens (including phenoxy) is 1. The smallest absolute Gasteiger partial charge is 0.433 e. The van der Waals surface area contributed by atoms with E-state index in [0.717, 1.165) is 40.2 Å². The zero-order valence-corrected chi connectivity index (χ0v) is 22.9. The van der Waals surface area contributed by atoms with Crippen molar-refractivity contribution in [1.29, 1.82) is 0 Å². The first-order valence-electron chi connectivity index (χ1n) is 11.6. The summed E-state index contributed by atoms with van der Waals surface area (Å²) >= 11 is 11.0. The molecule has 3 heterocycles. The van der Waals surface area contributed by atoms with Crippen molar-refractivity contribution >= 4 is 61.4 Å². The summed E-state index contributed by atoms with van der Waals surface area (Å²) in [6.45, 7) is 1.83. The van der Waals surface area contributed by atoms with Crippen LogP contribution in [-0.4, -0.2) is 33.1 Å². The van der Waals surface area contributed by atoms with Gasteiger partial charge in [0.15, 0.2) is 17.0 Å². The van der Waals surface area contributed by atoms with Crippen LogP contribution in [0.15, 0.2) is 34.8 Å². The molecule has 0 atom stereocenters. The van der Waals surface area contributed by atoms with Crippen molar-refractivity contribution in [3.8, 4) is 11.3 Å². The average molecular weight is 628 g/mol. The van der Waals surface area contributed by atoms with Crippen LogP contribution in [-0.2, 0) is 23.8 Å². The number of aryl methyl sites for hydroxylation is 1. The highest BCUT2D eigenvalue weighted by atomic mass is 79.9. The molecule has 198 valence electrons. The Balaban J connectivity index is 1.59. The number of anilines is 1. The highest BCUT2D eigenvalue weighted by Gasteiger charge is 2.37. The number of hydrogen-bond acceptors (Lipinski definition) is 6. The Bertz CT molecular complexity index is 1570. The molecule has 1 amide bonds. The second kappa shape index (κ2) is 10.3. The van der Waals surface area contributed by atoms with Gasteiger partial charge in [0.05, 0.1) is 17.9 Å². The first-order chi connectivity index (χ1) is 18.1. The number of alkyl halides is 3. The second-order valence-corrected chi connectivity index (χ2v) is 10.9. The lowest BCUT2D eigenvalue weighted by Gasteiger charge is -2.12. The number of nitrogens with zero attached hydrogens (tertiary/aromatic N) is 3. The van der Waals surface area contributed by atoms with Crippen molar-refractivity contribution in [2.75, 3.05) is 11.9 Å². The Hall–Kier alpha value is -2.96. The van der Waals surface area contributed by atoms with Crippen molar-refractivity contribution in [3.05, 3.63) is 67.2 Å². The summed E-state index contributed by atoms with van der Waals surface area (Å²) in [5.74, 6) is -1.42. The molecule has 1 aliphatic rings. The molecule has 0 unspecified atom stereocenters. The zero-order chi connectivity index (χ0) is 27.2. The number of hydrogen-bond donors (Lipinski definition) is 1. The minimum Gasteiger partial charge on any atom is -0.462 e. The topological polar surface area (TPSA) is 85.6 Å². The van der Waals surface area contributed by atoms with Gasteiger partial charge in [0.1, 0.15) is 10.0 Å². The van der Waals surface area contributed by atoms with Crippen LogP contribution in [0, 0.1) is 0 Å². The standard InChI is InChI=1S/C25H19BrClF3N4O3S/c1-2-37-24(36)18-14-5-3-4-6-16(14)38-23(18)32-22(35)20-19(27)21-31-15(12-7-9-13(26)10-8-12)11-17(25(28,29)30)34(21)33-20/h7-11H,2-6H2,1H3,(H,32,35). The van der Waals surface area contributed by atoms with Gasteiger partial charge in [0.25, 0.3) is 5.91 Å². The maximum absolute atomic E-state index is 14.0. The molecule has 1 aromatic carbocycles. The number of nitrogens with one attached hydrogen (secondary N) is 1. The minimum absolute atomic E-state index is 0.0154. The quantitative estimate of drug-likeness (QED) is 0.237. The van der Waals surface area contributed by atoms with Gasteiger partial charge in [-0.15, -0.1) is 11.3 Å². The monoisotopic (exact) mass is 626 g/mol. The first kappa shape index (κ1) is 26.6. The third-order valence-electron chi connectivity index (χ3n) is 6.06. The van der Waals surface area contributed by atoms with Crippen LogP contribution in [0.4, 0.5) is 18.2 Å². The van der Waals surface area contributed by atoms with E-state index >= 15 is 0 Å². The number of aromatic nitrogens is 3. The normalized spacial score (nSPS) is 13.4. The second-order valence-electron chi connectivity index (χ2n) is 8.52. The maximum Gasteiger partial charge on any atom is 0.433 e. The minimum atomic E-state index is -4.81. The van der Waals surface area contributed by atoms with E-state index in [-0.39, 0.29) is 33.5 Å². The predicted molar refractivity (Wildman–Crippen MR) is 141 cm³/mol. The number of benzene rings is 1. The molecule has 0 saturated carbocycles. The average Bonchev–Trinajstić information content (AvgIpc) is 3.40. The van der Waals surface area contributed by atoms with E-state index in [0.29, 0.717) is 16.5 Å². The van der Waals surface area contributed by atoms with Crippen LogP contribution < -0.4 is 5.32 Å². The van der Waals surface area contributed by atoms with E-state index in [4.69, 9.17) is 16.3 Å². The lowest BCUT2D eigenvalue weighted by atomic mass is 9.95. The van der Waals surface area contributed by atoms with Gasteiger partial charge in [0, 0.05) is 14.9 Å². The molecule has 0 fully saturated rings. The van der Waals surface area contributed by atoms with Crippen molar-refractivity contribution in [3.63, 3.8) is 0 Å². The summed E-state index contributed by atoms with van der Waals surface area (Å²) in [6, 6.07) is 7.42. The number of thiophene rings is 1. The van der Waals surface area contributed by atoms with E-state index in [1.54, 1.807) is 31.2 Å². The fourth-order valence-electron chi connectivity index (χ4n) is 4.34. The summed E-state index contributed by atoms with van der Waals surface area (Å²) in [7, 11) is 0. The van der Waals surface area contributed by atoms with Crippen LogP contribution in [0.1, 0.15) is 56.7 Å². The Labute approximate surface area is 232 Å². The molecule has 0 saturated heterocycles. The van der Waals surface area contributed by atoms with E-state index in [1.807, 2.05) is 0 Å². The highest BCUT2D eigenvalue weighted by Crippen LogP contribution is 2.40. The van der Waals surface area contributed by atoms with Gasteiger partial charge in [-0.2, -0.15) is 18.3 Å². The number of esters is 1. The molecule has 7 nitrogen and oxygen atoms in total. The van der Waals surface area contributed by atoms with E-state index in [9.17, 15) is 22.8 Å². The van der Waals surface area contributed by atoms with E-state index in [1.165, 1.54) is 11.3 Å². The molecular weight excluding hydrogens is 609 g/mol. The van der Waals surface area contributed by atoms with Gasteiger partial charge in [-0.25, -0.2) is 14.3 Å². The van der Waals surface area contributed by atoms with Crippen molar-refractivity contribution in [1.82, 2.24) is 14.6 Å². The zero-order valence-electron chi connectivity index (χ0n) is 19.8. The van der Waals surface area contributed by atoms with Gasteiger partial charge < -0.3 is 10.1 Å². The van der Waals surface area contributed by atoms with E-state index < -0.39 is 29.4 Å². The summed E-state index contributed by atoms with van der Waals surface area (Å²) in [5, 5.41) is 6.44. The van der Waals surface area contributed by atoms with Crippen molar-refractivity contribution in [2.45, 2.75) is 38.8 Å². The molecule has 0 bridgehead atoms. The molecule has 4 aromatic rings. The molecule has 38 heavy (non-hydrogen) atoms. The Morgan fingerprint density at radius 1 is 1.21 bits per heavy atom. The van der Waals surface area contributed by atoms with Crippen LogP contribution in [0.25, 0.3) is 16.9 Å². The van der Waals surface area contributed by atoms with Gasteiger partial charge >= 0.3 is 12.1 Å². The fraction of sp³-hybridized carbons (Fsp3) is 0.280. The number of halogens is 5. The molecule has 13 heteroatoms. The SMILES string of the molecule is CCOC(=O)c1c(NC(=O)c2nn3c(C(F)(F)F)cc(-c4ccc(Br)cc4)nc3c2Cl)sc2c1CCCC2. The van der Waals surface area contributed by atoms with Crippen molar-refractivity contribution in [2.24, 2.45) is 0 Å². The Morgan fingerprint density at radius 2 is 1.92 bits per heavy atom. The van der Waals surface area contributed by atoms with Gasteiger partial charge in [-0.1, -0.05) is 39.7 Å². The number of carbonyl (C=O) groups excluding carboxylic acids is 2. The molecule has 3 aromatic heterocycles. The molecule has 0 spiro atoms. The summed E-state index contributed by atoms with van der Waals surface area (Å²) < 4.78 is 48.5. The molecule has 5 rings (SSSR count). The molecule has 0 radical (unpaired) electrons. The fourth-order valence-corrected chi connectivity index (χ4v) is 6.13. The Morgan fingerprint density at radius 3 is 2.61 bits per heavy atom. The number of fused-ring (bicyclic) bond motifs is 2. The van der Waals surface area contributed by atoms with Gasteiger partial charge in [-0.3, -0.25) is 4.79 Å². The first-order valence-corrected chi connectivity index (χ1v) is 13.6. The lowest BCUT2D eigenvalue weighted by Crippen LogP contribution is -2.17. The van der Waals surface area contributed by atoms with E-state index in [2.05, 4.69) is 31.3 Å². The summed E-state index contributed by atoms with van der Waals surface area (Å²) in [5.41, 5.74) is -0.364. The molecular formula is C25H19BrClF3N4O3S. The highest BCUT2D eigenvalue weighted by molar-refractivity contribution is 9.10. The molecule has 0 aliphatic heterocycles. The number of carbonyl (C=O) groups is 2. The van der Waals surface area contributed by atoms with Crippen LogP contribution in [0.5, 0.6) is 0 Å². The molecule has 1 aliphatic carbocycles. The third kappa shape index (κ3) is 4.92. The van der Waals surface area contributed by atoms with Gasteiger partial charge in [-0.05, 0) is 56.4 Å². The Kier molecular flexibility index (Phi) is 7.23. The summed E-state index contributed by atoms with van der Waals surface area (Å²) in [6.07, 6.45) is -1.53. The predicted octanol–water partition coefficient (Wildman–Crippen LogP) is 7.20. The number of rotatable bonds is 5. The van der Waals surface area contributed by atoms with Crippen LogP contribution >= 0.6 is 38.9 Å². The largest absolute Gasteiger partial charge is 0.462 e. The number of amides is 1. The van der Waals surface area contributed by atoms with Crippen LogP contribution in [0.3, 0.4) is 0 Å².